The second-order valence-corrected chi connectivity index (χ2v) is 3.70. The van der Waals surface area contributed by atoms with Gasteiger partial charge in [-0.1, -0.05) is 6.07 Å². The van der Waals surface area contributed by atoms with Crippen molar-refractivity contribution in [3.63, 3.8) is 0 Å². The van der Waals surface area contributed by atoms with Crippen LogP contribution in [0.1, 0.15) is 10.4 Å². The van der Waals surface area contributed by atoms with E-state index in [1.165, 1.54) is 0 Å². The van der Waals surface area contributed by atoms with E-state index < -0.39 is 0 Å². The highest BCUT2D eigenvalue weighted by Crippen LogP contribution is 2.22. The van der Waals surface area contributed by atoms with Gasteiger partial charge in [0.1, 0.15) is 5.69 Å². The van der Waals surface area contributed by atoms with Crippen molar-refractivity contribution in [1.29, 1.82) is 0 Å². The molecule has 3 rings (SSSR count). The highest BCUT2D eigenvalue weighted by molar-refractivity contribution is 5.85. The van der Waals surface area contributed by atoms with Crippen LogP contribution in [-0.4, -0.2) is 21.1 Å². The number of rotatable bonds is 3. The molecule has 0 saturated carbocycles. The number of pyridine rings is 1. The van der Waals surface area contributed by atoms with Crippen molar-refractivity contribution >= 4 is 6.29 Å². The Labute approximate surface area is 103 Å². The second kappa shape index (κ2) is 4.29. The zero-order chi connectivity index (χ0) is 12.4. The van der Waals surface area contributed by atoms with E-state index in [0.717, 1.165) is 11.8 Å². The van der Waals surface area contributed by atoms with Crippen LogP contribution in [0, 0.1) is 0 Å². The topological polar surface area (TPSA) is 60.9 Å². The van der Waals surface area contributed by atoms with Crippen LogP contribution < -0.4 is 0 Å². The highest BCUT2D eigenvalue weighted by atomic mass is 16.3. The van der Waals surface area contributed by atoms with E-state index in [4.69, 9.17) is 4.42 Å². The summed E-state index contributed by atoms with van der Waals surface area (Å²) in [6, 6.07) is 7.27. The van der Waals surface area contributed by atoms with Gasteiger partial charge in [-0.15, -0.1) is 0 Å². The van der Waals surface area contributed by atoms with Crippen molar-refractivity contribution < 1.29 is 9.21 Å². The first-order chi connectivity index (χ1) is 8.88. The third-order valence-electron chi connectivity index (χ3n) is 2.55. The quantitative estimate of drug-likeness (QED) is 0.658. The molecule has 5 heteroatoms. The molecular formula is C13H9N3O2. The SMILES string of the molecule is O=Cc1cn(-c2ccccn2)nc1-c1ccoc1. The van der Waals surface area contributed by atoms with Crippen molar-refractivity contribution in [1.82, 2.24) is 14.8 Å². The summed E-state index contributed by atoms with van der Waals surface area (Å²) in [6.07, 6.45) is 7.20. The van der Waals surface area contributed by atoms with Crippen LogP contribution in [0.15, 0.2) is 53.6 Å². The van der Waals surface area contributed by atoms with Gasteiger partial charge in [0.15, 0.2) is 12.1 Å². The average Bonchev–Trinajstić information content (AvgIpc) is 3.08. The van der Waals surface area contributed by atoms with Crippen molar-refractivity contribution in [2.45, 2.75) is 0 Å². The van der Waals surface area contributed by atoms with Crippen LogP contribution in [0.4, 0.5) is 0 Å². The lowest BCUT2D eigenvalue weighted by molar-refractivity contribution is 0.112. The Morgan fingerprint density at radius 2 is 2.22 bits per heavy atom. The molecule has 0 radical (unpaired) electrons. The van der Waals surface area contributed by atoms with Crippen molar-refractivity contribution in [3.05, 3.63) is 54.7 Å². The molecule has 0 spiro atoms. The number of carbonyl (C=O) groups excluding carboxylic acids is 1. The maximum atomic E-state index is 11.1. The van der Waals surface area contributed by atoms with E-state index in [2.05, 4.69) is 10.1 Å². The molecule has 0 unspecified atom stereocenters. The number of hydrogen-bond donors (Lipinski definition) is 0. The van der Waals surface area contributed by atoms with Gasteiger partial charge in [-0.05, 0) is 18.2 Å². The van der Waals surface area contributed by atoms with Crippen molar-refractivity contribution in [2.24, 2.45) is 0 Å². The van der Waals surface area contributed by atoms with Gasteiger partial charge in [0.2, 0.25) is 0 Å². The first-order valence-electron chi connectivity index (χ1n) is 5.37. The number of hydrogen-bond acceptors (Lipinski definition) is 4. The molecule has 5 nitrogen and oxygen atoms in total. The summed E-state index contributed by atoms with van der Waals surface area (Å²) in [6.45, 7) is 0. The Morgan fingerprint density at radius 1 is 1.28 bits per heavy atom. The average molecular weight is 239 g/mol. The molecule has 3 heterocycles. The molecule has 3 aromatic heterocycles. The first-order valence-corrected chi connectivity index (χ1v) is 5.37. The Balaban J connectivity index is 2.12. The maximum absolute atomic E-state index is 11.1. The van der Waals surface area contributed by atoms with Gasteiger partial charge in [0.05, 0.1) is 18.1 Å². The van der Waals surface area contributed by atoms with E-state index in [9.17, 15) is 4.79 Å². The zero-order valence-corrected chi connectivity index (χ0v) is 9.35. The van der Waals surface area contributed by atoms with Crippen LogP contribution in [0.2, 0.25) is 0 Å². The number of carbonyl (C=O) groups is 1. The van der Waals surface area contributed by atoms with E-state index >= 15 is 0 Å². The van der Waals surface area contributed by atoms with E-state index in [1.54, 1.807) is 35.7 Å². The van der Waals surface area contributed by atoms with E-state index in [1.807, 2.05) is 18.2 Å². The molecule has 18 heavy (non-hydrogen) atoms. The molecule has 0 aromatic carbocycles. The summed E-state index contributed by atoms with van der Waals surface area (Å²) in [4.78, 5) is 15.2. The first kappa shape index (κ1) is 10.5. The Bertz CT molecular complexity index is 657. The van der Waals surface area contributed by atoms with Crippen molar-refractivity contribution in [2.75, 3.05) is 0 Å². The largest absolute Gasteiger partial charge is 0.472 e. The van der Waals surface area contributed by atoms with Crippen LogP contribution in [0.3, 0.4) is 0 Å². The molecule has 0 aliphatic heterocycles. The molecule has 0 atom stereocenters. The molecule has 0 N–H and O–H groups in total. The minimum atomic E-state index is 0.502. The normalized spacial score (nSPS) is 10.4. The summed E-state index contributed by atoms with van der Waals surface area (Å²) in [5, 5.41) is 4.36. The highest BCUT2D eigenvalue weighted by Gasteiger charge is 2.12. The molecule has 3 aromatic rings. The number of nitrogens with zero attached hydrogens (tertiary/aromatic N) is 3. The molecular weight excluding hydrogens is 230 g/mol. The van der Waals surface area contributed by atoms with Crippen molar-refractivity contribution in [3.8, 4) is 17.1 Å². The predicted molar refractivity (Wildman–Crippen MR) is 64.4 cm³/mol. The second-order valence-electron chi connectivity index (χ2n) is 3.70. The summed E-state index contributed by atoms with van der Waals surface area (Å²) in [5.74, 6) is 0.662. The monoisotopic (exact) mass is 239 g/mol. The van der Waals surface area contributed by atoms with Crippen LogP contribution in [0.25, 0.3) is 17.1 Å². The molecule has 88 valence electrons. The molecule has 0 fully saturated rings. The minimum absolute atomic E-state index is 0.502. The molecule has 0 amide bonds. The van der Waals surface area contributed by atoms with Crippen LogP contribution in [-0.2, 0) is 0 Å². The Hall–Kier alpha value is -2.69. The third-order valence-corrected chi connectivity index (χ3v) is 2.55. The standard InChI is InChI=1S/C13H9N3O2/c17-8-11-7-16(12-3-1-2-5-14-12)15-13(11)10-4-6-18-9-10/h1-9H. The van der Waals surface area contributed by atoms with Gasteiger partial charge >= 0.3 is 0 Å². The summed E-state index contributed by atoms with van der Waals surface area (Å²) >= 11 is 0. The van der Waals surface area contributed by atoms with Gasteiger partial charge in [-0.3, -0.25) is 4.79 Å². The Morgan fingerprint density at radius 3 is 2.89 bits per heavy atom. The fraction of sp³-hybridized carbons (Fsp3) is 0. The summed E-state index contributed by atoms with van der Waals surface area (Å²) in [5.41, 5.74) is 1.86. The fourth-order valence-corrected chi connectivity index (χ4v) is 1.70. The molecule has 0 bridgehead atoms. The lowest BCUT2D eigenvalue weighted by Crippen LogP contribution is -1.96. The zero-order valence-electron chi connectivity index (χ0n) is 9.35. The lowest BCUT2D eigenvalue weighted by Gasteiger charge is -1.97. The van der Waals surface area contributed by atoms with Crippen LogP contribution in [0.5, 0.6) is 0 Å². The van der Waals surface area contributed by atoms with Gasteiger partial charge < -0.3 is 4.42 Å². The smallest absolute Gasteiger partial charge is 0.153 e. The maximum Gasteiger partial charge on any atom is 0.153 e. The molecule has 0 saturated heterocycles. The number of aldehydes is 1. The van der Waals surface area contributed by atoms with Gasteiger partial charge in [-0.25, -0.2) is 9.67 Å². The Kier molecular flexibility index (Phi) is 2.49. The number of aromatic nitrogens is 3. The van der Waals surface area contributed by atoms with Gasteiger partial charge in [0, 0.05) is 18.0 Å². The number of furan rings is 1. The van der Waals surface area contributed by atoms with E-state index in [-0.39, 0.29) is 0 Å². The van der Waals surface area contributed by atoms with Crippen LogP contribution >= 0.6 is 0 Å². The summed E-state index contributed by atoms with van der Waals surface area (Å²) < 4.78 is 6.58. The third kappa shape index (κ3) is 1.71. The lowest BCUT2D eigenvalue weighted by atomic mass is 10.2. The summed E-state index contributed by atoms with van der Waals surface area (Å²) in [7, 11) is 0. The fourth-order valence-electron chi connectivity index (χ4n) is 1.70. The van der Waals surface area contributed by atoms with E-state index in [0.29, 0.717) is 17.1 Å². The molecule has 0 aliphatic carbocycles. The van der Waals surface area contributed by atoms with Gasteiger partial charge in [0.25, 0.3) is 0 Å². The molecule has 0 aliphatic rings. The van der Waals surface area contributed by atoms with Gasteiger partial charge in [-0.2, -0.15) is 5.10 Å². The minimum Gasteiger partial charge on any atom is -0.472 e. The predicted octanol–water partition coefficient (Wildman–Crippen LogP) is 2.34.